The van der Waals surface area contributed by atoms with Gasteiger partial charge in [0, 0.05) is 17.3 Å². The second-order valence-corrected chi connectivity index (χ2v) is 47.2. The highest BCUT2D eigenvalue weighted by Crippen LogP contribution is 2.69. The number of ether oxygens (including phenoxy) is 5. The van der Waals surface area contributed by atoms with Crippen LogP contribution in [0.5, 0.6) is 0 Å². The number of hydrogen-bond donors (Lipinski definition) is 0. The number of rotatable bonds is 27. The van der Waals surface area contributed by atoms with Crippen LogP contribution in [0.4, 0.5) is 0 Å². The van der Waals surface area contributed by atoms with Crippen molar-refractivity contribution in [2.75, 3.05) is 0 Å². The predicted molar refractivity (Wildman–Crippen MR) is 461 cm³/mol. The molecule has 0 heterocycles. The molecule has 0 aromatic carbocycles. The summed E-state index contributed by atoms with van der Waals surface area (Å²) in [6.45, 7) is 53.8. The SMILES string of the molecule is CCC(C)(C)C(=O)OC1(C(C)(C)C)C2CC3CC(C2)CC1C3.CCC(C)C1(OC(=O)C(C)(C)CC)C2CC3CC(C2)CC1C3.CCC(CC)C1(OC(=O)C(C)(C)CC)C2CC3CC(C2)CC1C3.CCCC(C)C1(OC(=O)C(C)(C)CC)C2CC3CC(C2)CC1C3.CCCCCC1(OC(=O)C(C)(C)CC)C2CC3CC(C2)CC1C3. The molecular weight excluding hydrogens is 1400 g/mol. The van der Waals surface area contributed by atoms with Crippen molar-refractivity contribution in [3.63, 3.8) is 0 Å². The summed E-state index contributed by atoms with van der Waals surface area (Å²) in [5, 5.41) is 0. The van der Waals surface area contributed by atoms with E-state index in [1.165, 1.54) is 193 Å². The molecule has 0 aromatic heterocycles. The van der Waals surface area contributed by atoms with E-state index in [0.717, 1.165) is 117 Å². The third-order valence-corrected chi connectivity index (χ3v) is 37.5. The second-order valence-electron chi connectivity index (χ2n) is 47.2. The minimum Gasteiger partial charge on any atom is -0.458 e. The van der Waals surface area contributed by atoms with Gasteiger partial charge >= 0.3 is 29.8 Å². The highest BCUT2D eigenvalue weighted by atomic mass is 16.6. The van der Waals surface area contributed by atoms with Gasteiger partial charge in [-0.05, 0) is 425 Å². The number of unbranched alkanes of at least 4 members (excludes halogenated alkanes) is 2. The maximum atomic E-state index is 13.0. The summed E-state index contributed by atoms with van der Waals surface area (Å²) < 4.78 is 32.6. The standard InChI is InChI=1S/3C21H36O2.2C20H34O2/c1-6-8-14(3)21(23-19(22)20(4,5)7-2)17-10-15-9-16(12-17)13-18(21)11-15;1-6-16(7-2)21(23-19(22)20(4,5)8-3)17-10-14-9-15(12-17)13-18(21)11-14;1-5-7-8-9-21(23-19(22)20(3,4)6-2)17-11-15-10-16(13-17)14-18(21)12-15;1-7-19(5,6)17(21)22-20(18(2,3)4)15-9-13-8-14(11-15)12-16(20)10-13;1-6-13(3)20(22-18(21)19(4,5)7-2)16-9-14-8-15(11-16)12-17(20)10-14/h2*14-18H,6-13H2,1-5H3;15-18H,5-14H2,1-4H3;13-16H,7-12H2,1-6H3;13-17H,6-12H2,1-5H3. The quantitative estimate of drug-likeness (QED) is 0.0445. The van der Waals surface area contributed by atoms with Crippen LogP contribution in [-0.4, -0.2) is 57.9 Å². The van der Waals surface area contributed by atoms with Gasteiger partial charge in [-0.25, -0.2) is 0 Å². The molecule has 0 aliphatic heterocycles. The molecule has 113 heavy (non-hydrogen) atoms. The monoisotopic (exact) mass is 1570 g/mol. The normalized spacial score (nSPS) is 40.1. The van der Waals surface area contributed by atoms with E-state index >= 15 is 0 Å². The Bertz CT molecular complexity index is 3060. The first kappa shape index (κ1) is 91.1. The molecule has 0 saturated heterocycles. The average molecular weight is 1570 g/mol. The molecule has 0 aromatic rings. The molecule has 10 nitrogen and oxygen atoms in total. The zero-order valence-electron chi connectivity index (χ0n) is 77.9. The van der Waals surface area contributed by atoms with E-state index in [1.54, 1.807) is 0 Å². The molecule has 20 aliphatic rings. The number of esters is 5. The summed E-state index contributed by atoms with van der Waals surface area (Å²) in [5.74, 6) is 17.1. The van der Waals surface area contributed by atoms with Crippen molar-refractivity contribution in [1.29, 1.82) is 0 Å². The van der Waals surface area contributed by atoms with E-state index in [0.29, 0.717) is 76.9 Å². The van der Waals surface area contributed by atoms with Crippen molar-refractivity contribution >= 4 is 29.8 Å². The molecule has 648 valence electrons. The number of carbonyl (C=O) groups is 5. The van der Waals surface area contributed by atoms with Crippen LogP contribution in [0, 0.1) is 169 Å². The maximum absolute atomic E-state index is 13.0. The number of hydrogen-bond acceptors (Lipinski definition) is 10. The highest BCUT2D eigenvalue weighted by Gasteiger charge is 2.68. The largest absolute Gasteiger partial charge is 0.458 e. The smallest absolute Gasteiger partial charge is 0.312 e. The summed E-state index contributed by atoms with van der Waals surface area (Å²) in [6.07, 6.45) is 48.1. The Morgan fingerprint density at radius 3 is 0.788 bits per heavy atom. The second kappa shape index (κ2) is 35.1. The van der Waals surface area contributed by atoms with Gasteiger partial charge in [0.05, 0.1) is 27.1 Å². The first-order chi connectivity index (χ1) is 53.0. The van der Waals surface area contributed by atoms with E-state index in [-0.39, 0.29) is 90.3 Å². The molecule has 0 N–H and O–H groups in total. The fourth-order valence-corrected chi connectivity index (χ4v) is 29.6. The maximum Gasteiger partial charge on any atom is 0.312 e. The molecule has 2 unspecified atom stereocenters. The van der Waals surface area contributed by atoms with Crippen molar-refractivity contribution in [1.82, 2.24) is 0 Å². The molecule has 20 saturated carbocycles. The molecule has 0 radical (unpaired) electrons. The topological polar surface area (TPSA) is 132 Å². The van der Waals surface area contributed by atoms with Crippen LogP contribution >= 0.6 is 0 Å². The Morgan fingerprint density at radius 2 is 0.531 bits per heavy atom. The highest BCUT2D eigenvalue weighted by molar-refractivity contribution is 5.78. The summed E-state index contributed by atoms with van der Waals surface area (Å²) >= 11 is 0. The van der Waals surface area contributed by atoms with Gasteiger partial charge in [-0.3, -0.25) is 24.0 Å². The summed E-state index contributed by atoms with van der Waals surface area (Å²) in [6, 6.07) is 0. The fourth-order valence-electron chi connectivity index (χ4n) is 29.6. The molecule has 2 atom stereocenters. The minimum atomic E-state index is -0.368. The van der Waals surface area contributed by atoms with Gasteiger partial charge in [0.25, 0.3) is 0 Å². The summed E-state index contributed by atoms with van der Waals surface area (Å²) in [7, 11) is 0. The van der Waals surface area contributed by atoms with E-state index < -0.39 is 0 Å². The molecular formula is C103H176O10. The summed E-state index contributed by atoms with van der Waals surface area (Å²) in [5.41, 5.74) is -2.57. The van der Waals surface area contributed by atoms with Gasteiger partial charge in [0.2, 0.25) is 0 Å². The Kier molecular flexibility index (Phi) is 28.3. The minimum absolute atomic E-state index is 0.0229. The predicted octanol–water partition coefficient (Wildman–Crippen LogP) is 27.3. The molecule has 10 heteroatoms. The fraction of sp³-hybridized carbons (Fsp3) is 0.951. The summed E-state index contributed by atoms with van der Waals surface area (Å²) in [4.78, 5) is 64.7. The zero-order chi connectivity index (χ0) is 82.8. The van der Waals surface area contributed by atoms with Gasteiger partial charge in [-0.1, -0.05) is 123 Å². The van der Waals surface area contributed by atoms with Crippen LogP contribution in [0.25, 0.3) is 0 Å². The molecule has 0 amide bonds. The van der Waals surface area contributed by atoms with Crippen molar-refractivity contribution in [3.05, 3.63) is 0 Å². The average Bonchev–Trinajstić information content (AvgIpc) is 0.689. The first-order valence-corrected chi connectivity index (χ1v) is 49.2. The Hall–Kier alpha value is -2.65. The van der Waals surface area contributed by atoms with Gasteiger partial charge in [-0.15, -0.1) is 0 Å². The third-order valence-electron chi connectivity index (χ3n) is 37.5. The van der Waals surface area contributed by atoms with Gasteiger partial charge in [-0.2, -0.15) is 0 Å². The van der Waals surface area contributed by atoms with E-state index in [4.69, 9.17) is 23.7 Å². The van der Waals surface area contributed by atoms with E-state index in [9.17, 15) is 24.0 Å². The Labute approximate surface area is 693 Å². The van der Waals surface area contributed by atoms with Crippen LogP contribution in [0.1, 0.15) is 424 Å². The van der Waals surface area contributed by atoms with Crippen molar-refractivity contribution in [2.45, 2.75) is 452 Å². The lowest BCUT2D eigenvalue weighted by Crippen LogP contribution is -2.66. The number of carbonyl (C=O) groups excluding carboxylic acids is 5. The van der Waals surface area contributed by atoms with Crippen LogP contribution in [0.2, 0.25) is 0 Å². The van der Waals surface area contributed by atoms with Crippen LogP contribution < -0.4 is 0 Å². The van der Waals surface area contributed by atoms with Crippen LogP contribution in [0.3, 0.4) is 0 Å². The lowest BCUT2D eigenvalue weighted by Gasteiger charge is -2.64. The van der Waals surface area contributed by atoms with Gasteiger partial charge in [0.1, 0.15) is 28.0 Å². The van der Waals surface area contributed by atoms with Crippen LogP contribution in [-0.2, 0) is 47.7 Å². The van der Waals surface area contributed by atoms with Crippen molar-refractivity contribution in [2.24, 2.45) is 169 Å². The van der Waals surface area contributed by atoms with E-state index in [2.05, 4.69) is 104 Å². The lowest BCUT2D eigenvalue weighted by atomic mass is 9.45. The van der Waals surface area contributed by atoms with Crippen molar-refractivity contribution < 1.29 is 47.7 Å². The molecule has 20 fully saturated rings. The third kappa shape index (κ3) is 17.4. The molecule has 20 rings (SSSR count). The van der Waals surface area contributed by atoms with E-state index in [1.807, 2.05) is 69.2 Å². The first-order valence-electron chi connectivity index (χ1n) is 49.2. The van der Waals surface area contributed by atoms with Gasteiger partial charge in [0.15, 0.2) is 0 Å². The van der Waals surface area contributed by atoms with Crippen molar-refractivity contribution in [3.8, 4) is 0 Å². The lowest BCUT2D eigenvalue weighted by molar-refractivity contribution is -0.250. The molecule has 0 spiro atoms. The molecule has 20 aliphatic carbocycles. The van der Waals surface area contributed by atoms with Crippen LogP contribution in [0.15, 0.2) is 0 Å². The Morgan fingerprint density at radius 1 is 0.283 bits per heavy atom. The zero-order valence-corrected chi connectivity index (χ0v) is 77.9. The Balaban J connectivity index is 0.000000139. The molecule has 20 bridgehead atoms. The van der Waals surface area contributed by atoms with Gasteiger partial charge < -0.3 is 23.7 Å².